The zero-order valence-electron chi connectivity index (χ0n) is 20.6. The molecular formula is C25H30F3N5O3. The van der Waals surface area contributed by atoms with Crippen LogP contribution in [0.25, 0.3) is 0 Å². The van der Waals surface area contributed by atoms with Crippen LogP contribution in [-0.4, -0.2) is 64.7 Å². The molecule has 36 heavy (non-hydrogen) atoms. The third-order valence-electron chi connectivity index (χ3n) is 6.23. The summed E-state index contributed by atoms with van der Waals surface area (Å²) >= 11 is 0. The zero-order valence-corrected chi connectivity index (χ0v) is 20.6. The van der Waals surface area contributed by atoms with Crippen LogP contribution < -0.4 is 9.80 Å². The van der Waals surface area contributed by atoms with Crippen LogP contribution >= 0.6 is 0 Å². The first kappa shape index (κ1) is 25.7. The molecule has 194 valence electrons. The minimum Gasteiger partial charge on any atom is -0.443 e. The number of carbonyl (C=O) groups is 2. The van der Waals surface area contributed by atoms with E-state index in [1.165, 1.54) is 0 Å². The Morgan fingerprint density at radius 2 is 1.67 bits per heavy atom. The number of aromatic nitrogens is 2. The first-order valence-corrected chi connectivity index (χ1v) is 11.9. The molecule has 1 atom stereocenters. The van der Waals surface area contributed by atoms with Gasteiger partial charge in [0.15, 0.2) is 0 Å². The number of hydrogen-bond acceptors (Lipinski definition) is 6. The highest BCUT2D eigenvalue weighted by Gasteiger charge is 2.37. The number of halogens is 3. The number of para-hydroxylation sites is 1. The third-order valence-corrected chi connectivity index (χ3v) is 6.23. The molecule has 1 fully saturated rings. The van der Waals surface area contributed by atoms with Crippen LogP contribution in [0.4, 0.5) is 29.6 Å². The van der Waals surface area contributed by atoms with E-state index in [4.69, 9.17) is 4.74 Å². The Bertz CT molecular complexity index is 1090. The smallest absolute Gasteiger partial charge is 0.419 e. The Labute approximate surface area is 208 Å². The number of rotatable bonds is 4. The van der Waals surface area contributed by atoms with Crippen molar-refractivity contribution in [2.45, 2.75) is 57.9 Å². The number of anilines is 2. The second-order valence-corrected chi connectivity index (χ2v) is 10.0. The highest BCUT2D eigenvalue weighted by atomic mass is 19.4. The van der Waals surface area contributed by atoms with Gasteiger partial charge in [0.05, 0.1) is 11.3 Å². The monoisotopic (exact) mass is 505 g/mol. The molecule has 2 aromatic rings. The number of fused-ring (bicyclic) bond motifs is 1. The van der Waals surface area contributed by atoms with Crippen molar-refractivity contribution in [3.8, 4) is 0 Å². The fraction of sp³-hybridized carbons (Fsp3) is 0.520. The lowest BCUT2D eigenvalue weighted by atomic mass is 10.1. The fourth-order valence-electron chi connectivity index (χ4n) is 4.48. The molecule has 2 aliphatic rings. The van der Waals surface area contributed by atoms with E-state index < -0.39 is 23.4 Å². The summed E-state index contributed by atoms with van der Waals surface area (Å²) in [6, 6.07) is 7.51. The maximum atomic E-state index is 13.0. The van der Waals surface area contributed by atoms with Crippen LogP contribution in [0.3, 0.4) is 0 Å². The van der Waals surface area contributed by atoms with E-state index in [9.17, 15) is 22.8 Å². The van der Waals surface area contributed by atoms with Crippen molar-refractivity contribution in [2.24, 2.45) is 0 Å². The average Bonchev–Trinajstić information content (AvgIpc) is 3.20. The van der Waals surface area contributed by atoms with Gasteiger partial charge in [-0.3, -0.25) is 9.69 Å². The van der Waals surface area contributed by atoms with Crippen molar-refractivity contribution < 1.29 is 27.5 Å². The minimum absolute atomic E-state index is 0.0249. The van der Waals surface area contributed by atoms with Gasteiger partial charge in [-0.05, 0) is 45.2 Å². The summed E-state index contributed by atoms with van der Waals surface area (Å²) in [7, 11) is 0. The second-order valence-electron chi connectivity index (χ2n) is 10.0. The van der Waals surface area contributed by atoms with Gasteiger partial charge < -0.3 is 14.5 Å². The molecule has 0 saturated carbocycles. The Balaban J connectivity index is 1.33. The highest BCUT2D eigenvalue weighted by Crippen LogP contribution is 2.35. The van der Waals surface area contributed by atoms with Crippen LogP contribution in [-0.2, 0) is 22.1 Å². The van der Waals surface area contributed by atoms with E-state index in [1.54, 1.807) is 14.7 Å². The Morgan fingerprint density at radius 1 is 1.03 bits per heavy atom. The SMILES string of the molecule is CC(C)(C)OC(=O)N1c2ccccc2CC1CCC(=O)N1CCN(c2ncc(C(F)(F)F)cn2)CC1. The lowest BCUT2D eigenvalue weighted by molar-refractivity contribution is -0.138. The van der Waals surface area contributed by atoms with Crippen LogP contribution in [0.1, 0.15) is 44.7 Å². The van der Waals surface area contributed by atoms with Gasteiger partial charge in [-0.25, -0.2) is 14.8 Å². The third kappa shape index (κ3) is 5.88. The lowest BCUT2D eigenvalue weighted by Gasteiger charge is -2.35. The van der Waals surface area contributed by atoms with Crippen LogP contribution in [0.5, 0.6) is 0 Å². The molecule has 8 nitrogen and oxygen atoms in total. The molecule has 1 aromatic carbocycles. The molecule has 0 radical (unpaired) electrons. The van der Waals surface area contributed by atoms with Crippen molar-refractivity contribution in [3.05, 3.63) is 47.8 Å². The van der Waals surface area contributed by atoms with E-state index in [-0.39, 0.29) is 24.3 Å². The summed E-state index contributed by atoms with van der Waals surface area (Å²) in [6.45, 7) is 7.15. The highest BCUT2D eigenvalue weighted by molar-refractivity contribution is 5.91. The first-order valence-electron chi connectivity index (χ1n) is 11.9. The molecule has 3 heterocycles. The molecule has 2 amide bonds. The number of ether oxygens (including phenoxy) is 1. The fourth-order valence-corrected chi connectivity index (χ4v) is 4.48. The topological polar surface area (TPSA) is 78.9 Å². The molecule has 1 saturated heterocycles. The lowest BCUT2D eigenvalue weighted by Crippen LogP contribution is -2.49. The summed E-state index contributed by atoms with van der Waals surface area (Å²) in [5.74, 6) is 0.190. The summed E-state index contributed by atoms with van der Waals surface area (Å²) in [5.41, 5.74) is 0.334. The van der Waals surface area contributed by atoms with Gasteiger partial charge in [-0.15, -0.1) is 0 Å². The molecule has 0 N–H and O–H groups in total. The molecule has 1 aromatic heterocycles. The van der Waals surface area contributed by atoms with E-state index >= 15 is 0 Å². The summed E-state index contributed by atoms with van der Waals surface area (Å²) in [6.07, 6.45) is -1.93. The van der Waals surface area contributed by atoms with Crippen molar-refractivity contribution in [3.63, 3.8) is 0 Å². The van der Waals surface area contributed by atoms with Gasteiger partial charge in [0.2, 0.25) is 11.9 Å². The Morgan fingerprint density at radius 3 is 2.28 bits per heavy atom. The predicted molar refractivity (Wildman–Crippen MR) is 128 cm³/mol. The summed E-state index contributed by atoms with van der Waals surface area (Å²) in [4.78, 5) is 38.7. The molecule has 2 aliphatic heterocycles. The van der Waals surface area contributed by atoms with Crippen LogP contribution in [0.15, 0.2) is 36.7 Å². The zero-order chi connectivity index (χ0) is 26.1. The molecule has 0 bridgehead atoms. The van der Waals surface area contributed by atoms with Crippen molar-refractivity contribution in [2.75, 3.05) is 36.0 Å². The molecule has 0 aliphatic carbocycles. The second kappa shape index (κ2) is 9.94. The van der Waals surface area contributed by atoms with E-state index in [1.807, 2.05) is 45.0 Å². The Kier molecular flexibility index (Phi) is 7.10. The standard InChI is InChI=1S/C25H30F3N5O3/c1-24(2,3)36-23(35)33-19(14-17-6-4-5-7-20(17)33)8-9-21(34)31-10-12-32(13-11-31)22-29-15-18(16-30-22)25(26,27)28/h4-7,15-16,19H,8-14H2,1-3H3. The number of alkyl halides is 3. The largest absolute Gasteiger partial charge is 0.443 e. The molecule has 0 spiro atoms. The number of nitrogens with zero attached hydrogens (tertiary/aromatic N) is 5. The maximum Gasteiger partial charge on any atom is 0.419 e. The van der Waals surface area contributed by atoms with E-state index in [0.29, 0.717) is 39.0 Å². The van der Waals surface area contributed by atoms with Crippen LogP contribution in [0.2, 0.25) is 0 Å². The van der Waals surface area contributed by atoms with Gasteiger partial charge in [-0.2, -0.15) is 13.2 Å². The normalized spacial score (nSPS) is 18.3. The molecular weight excluding hydrogens is 475 g/mol. The van der Waals surface area contributed by atoms with Crippen molar-refractivity contribution in [1.82, 2.24) is 14.9 Å². The average molecular weight is 506 g/mol. The first-order chi connectivity index (χ1) is 16.9. The van der Waals surface area contributed by atoms with Crippen molar-refractivity contribution in [1.29, 1.82) is 0 Å². The summed E-state index contributed by atoms with van der Waals surface area (Å²) in [5, 5.41) is 0. The quantitative estimate of drug-likeness (QED) is 0.617. The van der Waals surface area contributed by atoms with Gasteiger partial charge in [0.1, 0.15) is 5.60 Å². The van der Waals surface area contributed by atoms with Crippen molar-refractivity contribution >= 4 is 23.6 Å². The minimum atomic E-state index is -4.48. The van der Waals surface area contributed by atoms with Gasteiger partial charge in [0.25, 0.3) is 0 Å². The van der Waals surface area contributed by atoms with Crippen LogP contribution in [0, 0.1) is 0 Å². The van der Waals surface area contributed by atoms with E-state index in [0.717, 1.165) is 23.6 Å². The Hall–Kier alpha value is -3.37. The van der Waals surface area contributed by atoms with E-state index in [2.05, 4.69) is 9.97 Å². The van der Waals surface area contributed by atoms with Gasteiger partial charge in [0, 0.05) is 51.0 Å². The maximum absolute atomic E-state index is 13.0. The number of carbonyl (C=O) groups excluding carboxylic acids is 2. The molecule has 4 rings (SSSR count). The predicted octanol–water partition coefficient (Wildman–Crippen LogP) is 4.29. The molecule has 11 heteroatoms. The van der Waals surface area contributed by atoms with Gasteiger partial charge >= 0.3 is 12.3 Å². The number of piperazine rings is 1. The van der Waals surface area contributed by atoms with Gasteiger partial charge in [-0.1, -0.05) is 18.2 Å². The molecule has 1 unspecified atom stereocenters. The number of amides is 2. The number of hydrogen-bond donors (Lipinski definition) is 0. The summed E-state index contributed by atoms with van der Waals surface area (Å²) < 4.78 is 43.8. The number of benzene rings is 1.